The second-order valence-electron chi connectivity index (χ2n) is 5.51. The fourth-order valence-corrected chi connectivity index (χ4v) is 2.58. The average Bonchev–Trinajstić information content (AvgIpc) is 3.03. The number of aryl methyl sites for hydroxylation is 2. The Kier molecular flexibility index (Phi) is 3.04. The molecule has 20 heavy (non-hydrogen) atoms. The zero-order valence-electron chi connectivity index (χ0n) is 11.5. The van der Waals surface area contributed by atoms with Crippen molar-refractivity contribution in [3.63, 3.8) is 0 Å². The van der Waals surface area contributed by atoms with Gasteiger partial charge in [-0.25, -0.2) is 0 Å². The normalized spacial score (nSPS) is 20.9. The monoisotopic (exact) mass is 272 g/mol. The van der Waals surface area contributed by atoms with E-state index in [-0.39, 0.29) is 11.8 Å². The van der Waals surface area contributed by atoms with E-state index < -0.39 is 5.97 Å². The largest absolute Gasteiger partial charge is 0.481 e. The molecule has 0 bridgehead atoms. The van der Waals surface area contributed by atoms with Crippen molar-refractivity contribution < 1.29 is 14.4 Å². The number of aromatic nitrogens is 2. The van der Waals surface area contributed by atoms with E-state index in [1.807, 2.05) is 0 Å². The van der Waals surface area contributed by atoms with Crippen LogP contribution in [0.2, 0.25) is 0 Å². The van der Waals surface area contributed by atoms with Crippen molar-refractivity contribution in [2.24, 2.45) is 5.92 Å². The summed E-state index contributed by atoms with van der Waals surface area (Å²) in [5, 5.41) is 12.8. The van der Waals surface area contributed by atoms with E-state index in [2.05, 4.69) is 42.2 Å². The number of rotatable bonds is 4. The Morgan fingerprint density at radius 2 is 2.05 bits per heavy atom. The Hall–Kier alpha value is -2.17. The van der Waals surface area contributed by atoms with Gasteiger partial charge in [0, 0.05) is 6.42 Å². The number of hydrogen-bond acceptors (Lipinski definition) is 4. The van der Waals surface area contributed by atoms with Crippen LogP contribution in [0, 0.1) is 19.8 Å². The topological polar surface area (TPSA) is 76.2 Å². The highest BCUT2D eigenvalue weighted by Crippen LogP contribution is 2.46. The lowest BCUT2D eigenvalue weighted by Crippen LogP contribution is -1.99. The van der Waals surface area contributed by atoms with Crippen molar-refractivity contribution in [3.8, 4) is 0 Å². The lowest BCUT2D eigenvalue weighted by atomic mass is 10.1. The average molecular weight is 272 g/mol. The highest BCUT2D eigenvalue weighted by Gasteiger charge is 2.48. The molecule has 1 heterocycles. The molecule has 1 fully saturated rings. The molecule has 1 aliphatic carbocycles. The SMILES string of the molecule is Cc1cc(C)cc(Cc2noc(C3CC3C(=O)O)n2)c1. The lowest BCUT2D eigenvalue weighted by Gasteiger charge is -2.01. The minimum absolute atomic E-state index is 0.104. The molecular formula is C15H16N2O3. The molecule has 1 aromatic heterocycles. The summed E-state index contributed by atoms with van der Waals surface area (Å²) in [6, 6.07) is 6.31. The first kappa shape index (κ1) is 12.8. The molecule has 0 amide bonds. The van der Waals surface area contributed by atoms with Crippen LogP contribution in [0.3, 0.4) is 0 Å². The summed E-state index contributed by atoms with van der Waals surface area (Å²) in [6.07, 6.45) is 1.21. The van der Waals surface area contributed by atoms with Crippen LogP contribution in [0.5, 0.6) is 0 Å². The Morgan fingerprint density at radius 1 is 1.35 bits per heavy atom. The third-order valence-corrected chi connectivity index (χ3v) is 3.55. The second kappa shape index (κ2) is 4.74. The molecule has 0 spiro atoms. The Bertz CT molecular complexity index is 643. The fourth-order valence-electron chi connectivity index (χ4n) is 2.58. The van der Waals surface area contributed by atoms with E-state index in [4.69, 9.17) is 9.63 Å². The third-order valence-electron chi connectivity index (χ3n) is 3.55. The molecule has 2 unspecified atom stereocenters. The number of aliphatic carboxylic acids is 1. The summed E-state index contributed by atoms with van der Waals surface area (Å²) in [4.78, 5) is 15.1. The van der Waals surface area contributed by atoms with Crippen LogP contribution in [0.1, 0.15) is 40.7 Å². The van der Waals surface area contributed by atoms with Crippen LogP contribution in [-0.4, -0.2) is 21.2 Å². The van der Waals surface area contributed by atoms with Crippen LogP contribution in [0.25, 0.3) is 0 Å². The van der Waals surface area contributed by atoms with Gasteiger partial charge in [-0.3, -0.25) is 4.79 Å². The van der Waals surface area contributed by atoms with Crippen LogP contribution in [-0.2, 0) is 11.2 Å². The van der Waals surface area contributed by atoms with Crippen molar-refractivity contribution in [3.05, 3.63) is 46.6 Å². The van der Waals surface area contributed by atoms with Gasteiger partial charge in [0.2, 0.25) is 5.89 Å². The van der Waals surface area contributed by atoms with E-state index in [1.165, 1.54) is 11.1 Å². The first-order valence-electron chi connectivity index (χ1n) is 6.65. The number of carboxylic acid groups (broad SMARTS) is 1. The fraction of sp³-hybridized carbons (Fsp3) is 0.400. The summed E-state index contributed by atoms with van der Waals surface area (Å²) in [7, 11) is 0. The van der Waals surface area contributed by atoms with E-state index in [0.717, 1.165) is 5.56 Å². The molecule has 0 saturated heterocycles. The lowest BCUT2D eigenvalue weighted by molar-refractivity contribution is -0.138. The number of hydrogen-bond donors (Lipinski definition) is 1. The minimum atomic E-state index is -0.788. The van der Waals surface area contributed by atoms with Gasteiger partial charge < -0.3 is 9.63 Å². The van der Waals surface area contributed by atoms with E-state index in [1.54, 1.807) is 0 Å². The number of benzene rings is 1. The van der Waals surface area contributed by atoms with Crippen LogP contribution >= 0.6 is 0 Å². The highest BCUT2D eigenvalue weighted by molar-refractivity contribution is 5.74. The molecule has 1 aliphatic rings. The van der Waals surface area contributed by atoms with Gasteiger partial charge in [0.1, 0.15) is 0 Å². The summed E-state index contributed by atoms with van der Waals surface area (Å²) in [6.45, 7) is 4.11. The van der Waals surface area contributed by atoms with Gasteiger partial charge in [0.25, 0.3) is 0 Å². The van der Waals surface area contributed by atoms with Gasteiger partial charge in [-0.1, -0.05) is 34.5 Å². The zero-order valence-corrected chi connectivity index (χ0v) is 11.5. The third kappa shape index (κ3) is 2.57. The molecule has 5 nitrogen and oxygen atoms in total. The smallest absolute Gasteiger partial charge is 0.307 e. The summed E-state index contributed by atoms with van der Waals surface area (Å²) >= 11 is 0. The molecule has 0 aliphatic heterocycles. The molecule has 2 atom stereocenters. The molecular weight excluding hydrogens is 256 g/mol. The Labute approximate surface area is 116 Å². The van der Waals surface area contributed by atoms with Crippen molar-refractivity contribution in [2.45, 2.75) is 32.6 Å². The predicted molar refractivity (Wildman–Crippen MR) is 71.5 cm³/mol. The van der Waals surface area contributed by atoms with Crippen molar-refractivity contribution in [1.82, 2.24) is 10.1 Å². The molecule has 1 saturated carbocycles. The van der Waals surface area contributed by atoms with Gasteiger partial charge in [-0.15, -0.1) is 0 Å². The van der Waals surface area contributed by atoms with Crippen LogP contribution in [0.15, 0.2) is 22.7 Å². The second-order valence-corrected chi connectivity index (χ2v) is 5.51. The van der Waals surface area contributed by atoms with E-state index >= 15 is 0 Å². The molecule has 1 aromatic carbocycles. The Balaban J connectivity index is 1.73. The van der Waals surface area contributed by atoms with Gasteiger partial charge in [0.15, 0.2) is 5.82 Å². The summed E-state index contributed by atoms with van der Waals surface area (Å²) in [5.74, 6) is -0.181. The molecule has 3 rings (SSSR count). The number of carbonyl (C=O) groups is 1. The van der Waals surface area contributed by atoms with E-state index in [9.17, 15) is 4.79 Å². The molecule has 1 N–H and O–H groups in total. The van der Waals surface area contributed by atoms with Crippen molar-refractivity contribution >= 4 is 5.97 Å². The molecule has 2 aromatic rings. The zero-order chi connectivity index (χ0) is 14.3. The standard InChI is InChI=1S/C15H16N2O3/c1-8-3-9(2)5-10(4-8)6-13-16-14(20-17-13)11-7-12(11)15(18)19/h3-5,11-12H,6-7H2,1-2H3,(H,18,19). The van der Waals surface area contributed by atoms with Crippen LogP contribution < -0.4 is 0 Å². The maximum atomic E-state index is 10.8. The first-order chi connectivity index (χ1) is 9.52. The van der Waals surface area contributed by atoms with E-state index in [0.29, 0.717) is 24.6 Å². The minimum Gasteiger partial charge on any atom is -0.481 e. The maximum Gasteiger partial charge on any atom is 0.307 e. The molecule has 104 valence electrons. The maximum absolute atomic E-state index is 10.8. The summed E-state index contributed by atoms with van der Waals surface area (Å²) in [5.41, 5.74) is 3.55. The first-order valence-corrected chi connectivity index (χ1v) is 6.65. The Morgan fingerprint density at radius 3 is 2.65 bits per heavy atom. The van der Waals surface area contributed by atoms with Gasteiger partial charge in [-0.2, -0.15) is 4.98 Å². The molecule has 5 heteroatoms. The predicted octanol–water partition coefficient (Wildman–Crippen LogP) is 2.47. The number of nitrogens with zero attached hydrogens (tertiary/aromatic N) is 2. The van der Waals surface area contributed by atoms with Gasteiger partial charge in [-0.05, 0) is 25.8 Å². The van der Waals surface area contributed by atoms with Crippen molar-refractivity contribution in [2.75, 3.05) is 0 Å². The highest BCUT2D eigenvalue weighted by atomic mass is 16.5. The van der Waals surface area contributed by atoms with Gasteiger partial charge >= 0.3 is 5.97 Å². The summed E-state index contributed by atoms with van der Waals surface area (Å²) < 4.78 is 5.18. The molecule has 0 radical (unpaired) electrons. The quantitative estimate of drug-likeness (QED) is 0.925. The van der Waals surface area contributed by atoms with Gasteiger partial charge in [0.05, 0.1) is 11.8 Å². The number of carboxylic acids is 1. The van der Waals surface area contributed by atoms with Crippen molar-refractivity contribution in [1.29, 1.82) is 0 Å². The van der Waals surface area contributed by atoms with Crippen LogP contribution in [0.4, 0.5) is 0 Å².